The SMILES string of the molecule is CCC(CC)(OC)C(N)Cc1cccc(F)c1F. The van der Waals surface area contributed by atoms with E-state index in [0.717, 1.165) is 18.9 Å². The molecule has 1 atom stereocenters. The maximum absolute atomic E-state index is 13.6. The van der Waals surface area contributed by atoms with Gasteiger partial charge in [-0.3, -0.25) is 0 Å². The van der Waals surface area contributed by atoms with Crippen molar-refractivity contribution >= 4 is 0 Å². The smallest absolute Gasteiger partial charge is 0.162 e. The summed E-state index contributed by atoms with van der Waals surface area (Å²) >= 11 is 0. The first-order valence-corrected chi connectivity index (χ1v) is 6.24. The first-order valence-electron chi connectivity index (χ1n) is 6.24. The molecule has 1 unspecified atom stereocenters. The molecule has 0 radical (unpaired) electrons. The minimum absolute atomic E-state index is 0.263. The molecule has 102 valence electrons. The van der Waals surface area contributed by atoms with Gasteiger partial charge in [0.2, 0.25) is 0 Å². The Bertz CT molecular complexity index is 383. The molecule has 2 nitrogen and oxygen atoms in total. The van der Waals surface area contributed by atoms with Gasteiger partial charge in [-0.2, -0.15) is 0 Å². The van der Waals surface area contributed by atoms with Gasteiger partial charge in [0.1, 0.15) is 0 Å². The third kappa shape index (κ3) is 2.87. The standard InChI is InChI=1S/C14H21F2NO/c1-4-14(5-2,18-3)12(17)9-10-7-6-8-11(15)13(10)16/h6-8,12H,4-5,9,17H2,1-3H3. The lowest BCUT2D eigenvalue weighted by Crippen LogP contribution is -2.50. The van der Waals surface area contributed by atoms with E-state index in [1.807, 2.05) is 13.8 Å². The van der Waals surface area contributed by atoms with Crippen LogP contribution in [-0.2, 0) is 11.2 Å². The third-order valence-corrected chi connectivity index (χ3v) is 3.75. The lowest BCUT2D eigenvalue weighted by molar-refractivity contribution is -0.0375. The van der Waals surface area contributed by atoms with Gasteiger partial charge >= 0.3 is 0 Å². The Labute approximate surface area is 107 Å². The Morgan fingerprint density at radius 2 is 1.89 bits per heavy atom. The van der Waals surface area contributed by atoms with Crippen LogP contribution in [0.3, 0.4) is 0 Å². The van der Waals surface area contributed by atoms with Crippen molar-refractivity contribution in [1.29, 1.82) is 0 Å². The first kappa shape index (κ1) is 15.1. The number of hydrogen-bond donors (Lipinski definition) is 1. The molecule has 4 heteroatoms. The largest absolute Gasteiger partial charge is 0.377 e. The summed E-state index contributed by atoms with van der Waals surface area (Å²) < 4.78 is 32.2. The summed E-state index contributed by atoms with van der Waals surface area (Å²) in [5, 5.41) is 0. The van der Waals surface area contributed by atoms with Gasteiger partial charge in [0, 0.05) is 13.2 Å². The van der Waals surface area contributed by atoms with E-state index < -0.39 is 17.2 Å². The number of hydrogen-bond acceptors (Lipinski definition) is 2. The maximum Gasteiger partial charge on any atom is 0.162 e. The lowest BCUT2D eigenvalue weighted by atomic mass is 9.85. The molecule has 0 aliphatic carbocycles. The van der Waals surface area contributed by atoms with E-state index in [4.69, 9.17) is 10.5 Å². The van der Waals surface area contributed by atoms with Crippen molar-refractivity contribution in [2.75, 3.05) is 7.11 Å². The number of methoxy groups -OCH3 is 1. The second kappa shape index (κ2) is 6.25. The van der Waals surface area contributed by atoms with Gasteiger partial charge in [-0.25, -0.2) is 8.78 Å². The summed E-state index contributed by atoms with van der Waals surface area (Å²) in [6, 6.07) is 3.79. The predicted molar refractivity (Wildman–Crippen MR) is 68.4 cm³/mol. The van der Waals surface area contributed by atoms with Crippen LogP contribution in [0.15, 0.2) is 18.2 Å². The van der Waals surface area contributed by atoms with E-state index in [9.17, 15) is 8.78 Å². The van der Waals surface area contributed by atoms with E-state index in [1.165, 1.54) is 6.07 Å². The van der Waals surface area contributed by atoms with Gasteiger partial charge in [0.05, 0.1) is 5.60 Å². The van der Waals surface area contributed by atoms with E-state index in [0.29, 0.717) is 5.56 Å². The molecule has 0 amide bonds. The van der Waals surface area contributed by atoms with Crippen molar-refractivity contribution < 1.29 is 13.5 Å². The molecule has 0 bridgehead atoms. The zero-order chi connectivity index (χ0) is 13.8. The van der Waals surface area contributed by atoms with Crippen LogP contribution in [0.1, 0.15) is 32.3 Å². The average molecular weight is 257 g/mol. The molecule has 0 spiro atoms. The Balaban J connectivity index is 2.92. The molecule has 0 heterocycles. The Hall–Kier alpha value is -1.00. The van der Waals surface area contributed by atoms with Crippen molar-refractivity contribution in [3.8, 4) is 0 Å². The molecule has 0 aliphatic heterocycles. The molecule has 1 aromatic rings. The summed E-state index contributed by atoms with van der Waals surface area (Å²) in [4.78, 5) is 0. The summed E-state index contributed by atoms with van der Waals surface area (Å²) in [7, 11) is 1.61. The highest BCUT2D eigenvalue weighted by atomic mass is 19.2. The fourth-order valence-corrected chi connectivity index (χ4v) is 2.34. The number of rotatable bonds is 6. The molecular formula is C14H21F2NO. The van der Waals surface area contributed by atoms with Crippen LogP contribution in [0.2, 0.25) is 0 Å². The van der Waals surface area contributed by atoms with Gasteiger partial charge in [0.25, 0.3) is 0 Å². The average Bonchev–Trinajstić information content (AvgIpc) is 2.38. The number of ether oxygens (including phenoxy) is 1. The molecule has 2 N–H and O–H groups in total. The van der Waals surface area contributed by atoms with Crippen molar-refractivity contribution in [3.05, 3.63) is 35.4 Å². The molecule has 0 aliphatic rings. The number of halogens is 2. The molecule has 0 saturated carbocycles. The van der Waals surface area contributed by atoms with E-state index in [1.54, 1.807) is 13.2 Å². The Kier molecular flexibility index (Phi) is 5.23. The summed E-state index contributed by atoms with van der Waals surface area (Å²) in [5.41, 5.74) is 5.93. The van der Waals surface area contributed by atoms with E-state index >= 15 is 0 Å². The van der Waals surface area contributed by atoms with Gasteiger partial charge in [-0.05, 0) is 30.9 Å². The van der Waals surface area contributed by atoms with E-state index in [2.05, 4.69) is 0 Å². The van der Waals surface area contributed by atoms with Crippen LogP contribution >= 0.6 is 0 Å². The molecule has 0 saturated heterocycles. The number of benzene rings is 1. The van der Waals surface area contributed by atoms with Crippen LogP contribution in [0.5, 0.6) is 0 Å². The van der Waals surface area contributed by atoms with Crippen LogP contribution in [0.25, 0.3) is 0 Å². The molecule has 18 heavy (non-hydrogen) atoms. The first-order chi connectivity index (χ1) is 8.50. The van der Waals surface area contributed by atoms with Crippen LogP contribution in [-0.4, -0.2) is 18.8 Å². The maximum atomic E-state index is 13.6. The lowest BCUT2D eigenvalue weighted by Gasteiger charge is -2.36. The van der Waals surface area contributed by atoms with Crippen LogP contribution < -0.4 is 5.73 Å². The minimum Gasteiger partial charge on any atom is -0.377 e. The van der Waals surface area contributed by atoms with Gasteiger partial charge < -0.3 is 10.5 Å². The van der Waals surface area contributed by atoms with Crippen molar-refractivity contribution in [2.45, 2.75) is 44.8 Å². The highest BCUT2D eigenvalue weighted by Gasteiger charge is 2.33. The van der Waals surface area contributed by atoms with Gasteiger partial charge in [0.15, 0.2) is 11.6 Å². The quantitative estimate of drug-likeness (QED) is 0.850. The summed E-state index contributed by atoms with van der Waals surface area (Å²) in [6.07, 6.45) is 1.73. The fraction of sp³-hybridized carbons (Fsp3) is 0.571. The summed E-state index contributed by atoms with van der Waals surface area (Å²) in [5.74, 6) is -1.65. The van der Waals surface area contributed by atoms with Gasteiger partial charge in [-0.15, -0.1) is 0 Å². The second-order valence-corrected chi connectivity index (χ2v) is 4.50. The number of nitrogens with two attached hydrogens (primary N) is 1. The molecule has 0 aromatic heterocycles. The van der Waals surface area contributed by atoms with Crippen molar-refractivity contribution in [3.63, 3.8) is 0 Å². The van der Waals surface area contributed by atoms with Crippen LogP contribution in [0, 0.1) is 11.6 Å². The molecule has 1 aromatic carbocycles. The minimum atomic E-state index is -0.837. The fourth-order valence-electron chi connectivity index (χ4n) is 2.34. The van der Waals surface area contributed by atoms with Gasteiger partial charge in [-0.1, -0.05) is 26.0 Å². The van der Waals surface area contributed by atoms with Crippen LogP contribution in [0.4, 0.5) is 8.78 Å². The summed E-state index contributed by atoms with van der Waals surface area (Å²) in [6.45, 7) is 3.96. The topological polar surface area (TPSA) is 35.2 Å². The van der Waals surface area contributed by atoms with Crippen molar-refractivity contribution in [1.82, 2.24) is 0 Å². The predicted octanol–water partition coefficient (Wildman–Crippen LogP) is 3.04. The molecule has 1 rings (SSSR count). The Morgan fingerprint density at radius 1 is 1.28 bits per heavy atom. The normalized spacial score (nSPS) is 13.7. The van der Waals surface area contributed by atoms with Crippen molar-refractivity contribution in [2.24, 2.45) is 5.73 Å². The zero-order valence-electron chi connectivity index (χ0n) is 11.2. The highest BCUT2D eigenvalue weighted by Crippen LogP contribution is 2.26. The monoisotopic (exact) mass is 257 g/mol. The molecular weight excluding hydrogens is 236 g/mol. The molecule has 0 fully saturated rings. The highest BCUT2D eigenvalue weighted by molar-refractivity contribution is 5.20. The zero-order valence-corrected chi connectivity index (χ0v) is 11.2. The van der Waals surface area contributed by atoms with E-state index in [-0.39, 0.29) is 12.5 Å². The third-order valence-electron chi connectivity index (χ3n) is 3.75. The Morgan fingerprint density at radius 3 is 2.39 bits per heavy atom. The second-order valence-electron chi connectivity index (χ2n) is 4.50.